The summed E-state index contributed by atoms with van der Waals surface area (Å²) in [5.41, 5.74) is 0.657. The van der Waals surface area contributed by atoms with Gasteiger partial charge in [0.1, 0.15) is 0 Å². The van der Waals surface area contributed by atoms with Crippen molar-refractivity contribution < 1.29 is 24.1 Å². The van der Waals surface area contributed by atoms with Crippen LogP contribution >= 0.6 is 23.2 Å². The zero-order valence-electron chi connectivity index (χ0n) is 15.0. The zero-order valence-corrected chi connectivity index (χ0v) is 16.6. The molecule has 0 aliphatic carbocycles. The summed E-state index contributed by atoms with van der Waals surface area (Å²) >= 11 is 12.2. The topological polar surface area (TPSA) is 77.9 Å². The smallest absolute Gasteiger partial charge is 0.203 e. The second kappa shape index (κ2) is 7.78. The van der Waals surface area contributed by atoms with Gasteiger partial charge >= 0.3 is 0 Å². The van der Waals surface area contributed by atoms with Crippen molar-refractivity contribution in [2.24, 2.45) is 5.41 Å². The molecule has 8 heteroatoms. The minimum Gasteiger partial charge on any atom is -0.504 e. The predicted molar refractivity (Wildman–Crippen MR) is 104 cm³/mol. The van der Waals surface area contributed by atoms with Crippen LogP contribution in [0.2, 0.25) is 10.0 Å². The Labute approximate surface area is 172 Å². The molecule has 28 heavy (non-hydrogen) atoms. The fraction of sp³-hybridized carbons (Fsp3) is 0.400. The quantitative estimate of drug-likeness (QED) is 0.749. The summed E-state index contributed by atoms with van der Waals surface area (Å²) in [5.74, 6) is 0.368. The molecule has 4 rings (SSSR count). The van der Waals surface area contributed by atoms with Gasteiger partial charge in [-0.3, -0.25) is 9.78 Å². The van der Waals surface area contributed by atoms with E-state index >= 15 is 0 Å². The molecular formula is C20H19Cl2NO5. The van der Waals surface area contributed by atoms with Gasteiger partial charge in [0.15, 0.2) is 17.3 Å². The van der Waals surface area contributed by atoms with E-state index in [9.17, 15) is 9.90 Å². The van der Waals surface area contributed by atoms with E-state index in [0.29, 0.717) is 37.7 Å². The Balaban J connectivity index is 1.63. The zero-order chi connectivity index (χ0) is 19.7. The number of phenols is 1. The Morgan fingerprint density at radius 3 is 2.39 bits per heavy atom. The van der Waals surface area contributed by atoms with Gasteiger partial charge in [-0.05, 0) is 18.9 Å². The van der Waals surface area contributed by atoms with E-state index in [-0.39, 0.29) is 44.7 Å². The molecule has 148 valence electrons. The lowest BCUT2D eigenvalue weighted by Crippen LogP contribution is -2.39. The van der Waals surface area contributed by atoms with Crippen molar-refractivity contribution in [2.75, 3.05) is 26.4 Å². The van der Waals surface area contributed by atoms with Crippen LogP contribution < -0.4 is 9.47 Å². The van der Waals surface area contributed by atoms with Gasteiger partial charge in [0.05, 0.1) is 28.8 Å². The average molecular weight is 424 g/mol. The van der Waals surface area contributed by atoms with Crippen molar-refractivity contribution in [3.63, 3.8) is 0 Å². The molecule has 0 bridgehead atoms. The molecule has 0 atom stereocenters. The highest BCUT2D eigenvalue weighted by molar-refractivity contribution is 6.39. The molecule has 1 aromatic heterocycles. The Kier molecular flexibility index (Phi) is 5.36. The summed E-state index contributed by atoms with van der Waals surface area (Å²) in [4.78, 5) is 16.7. The fourth-order valence-corrected chi connectivity index (χ4v) is 4.13. The Hall–Kier alpha value is -2.02. The predicted octanol–water partition coefficient (Wildman–Crippen LogP) is 4.09. The molecule has 0 unspecified atom stereocenters. The first kappa shape index (κ1) is 19.3. The number of aromatic nitrogens is 1. The monoisotopic (exact) mass is 423 g/mol. The lowest BCUT2D eigenvalue weighted by Gasteiger charge is -2.34. The number of phenolic OH excluding ortho intramolecular Hbond substituents is 1. The van der Waals surface area contributed by atoms with Gasteiger partial charge in [-0.2, -0.15) is 0 Å². The minimum atomic E-state index is -0.265. The molecule has 2 aromatic rings. The molecule has 0 saturated carbocycles. The van der Waals surface area contributed by atoms with Gasteiger partial charge in [-0.25, -0.2) is 0 Å². The third-order valence-corrected chi connectivity index (χ3v) is 5.83. The number of fused-ring (bicyclic) bond motifs is 1. The second-order valence-corrected chi connectivity index (χ2v) is 7.98. The Morgan fingerprint density at radius 1 is 1.07 bits per heavy atom. The largest absolute Gasteiger partial charge is 0.504 e. The van der Waals surface area contributed by atoms with Crippen LogP contribution in [0.4, 0.5) is 0 Å². The molecule has 1 spiro atoms. The van der Waals surface area contributed by atoms with E-state index in [4.69, 9.17) is 37.4 Å². The molecule has 0 radical (unpaired) electrons. The standard InChI is InChI=1S/C20H19Cl2NO5/c21-13-8-23-9-14(22)17(13)16(25)7-12-1-2-15(24)19-18(12)27-10-20(11-28-19)3-5-26-6-4-20/h1-2,8-9,24H,3-7,10-11H2. The lowest BCUT2D eigenvalue weighted by molar-refractivity contribution is -0.0254. The third-order valence-electron chi connectivity index (χ3n) is 5.26. The summed E-state index contributed by atoms with van der Waals surface area (Å²) in [6.07, 6.45) is 4.40. The lowest BCUT2D eigenvalue weighted by atomic mass is 9.82. The van der Waals surface area contributed by atoms with Crippen LogP contribution in [-0.4, -0.2) is 42.3 Å². The number of ether oxygens (including phenoxy) is 3. The SMILES string of the molecule is O=C(Cc1ccc(O)c2c1OCC1(CCOCC1)CO2)c1c(Cl)cncc1Cl. The van der Waals surface area contributed by atoms with Crippen LogP contribution in [0.25, 0.3) is 0 Å². The second-order valence-electron chi connectivity index (χ2n) is 7.17. The number of hydrogen-bond donors (Lipinski definition) is 1. The molecule has 1 fully saturated rings. The van der Waals surface area contributed by atoms with Crippen LogP contribution in [0.3, 0.4) is 0 Å². The van der Waals surface area contributed by atoms with Crippen LogP contribution in [0.15, 0.2) is 24.5 Å². The van der Waals surface area contributed by atoms with E-state index < -0.39 is 0 Å². The first-order valence-electron chi connectivity index (χ1n) is 8.99. The first-order chi connectivity index (χ1) is 13.5. The normalized spacial score (nSPS) is 17.9. The fourth-order valence-electron chi connectivity index (χ4n) is 3.55. The maximum absolute atomic E-state index is 12.8. The number of hydrogen-bond acceptors (Lipinski definition) is 6. The molecule has 0 amide bonds. The Bertz CT molecular complexity index is 891. The number of ketones is 1. The number of benzene rings is 1. The molecule has 6 nitrogen and oxygen atoms in total. The van der Waals surface area contributed by atoms with Crippen molar-refractivity contribution >= 4 is 29.0 Å². The number of nitrogens with zero attached hydrogens (tertiary/aromatic N) is 1. The van der Waals surface area contributed by atoms with Crippen LogP contribution in [0, 0.1) is 5.41 Å². The molecule has 3 heterocycles. The molecule has 1 saturated heterocycles. The van der Waals surface area contributed by atoms with Crippen molar-refractivity contribution in [3.8, 4) is 17.2 Å². The van der Waals surface area contributed by atoms with E-state index in [1.54, 1.807) is 6.07 Å². The number of carbonyl (C=O) groups is 1. The first-order valence-corrected chi connectivity index (χ1v) is 9.75. The highest BCUT2D eigenvalue weighted by atomic mass is 35.5. The maximum atomic E-state index is 12.8. The summed E-state index contributed by atoms with van der Waals surface area (Å²) in [7, 11) is 0. The summed E-state index contributed by atoms with van der Waals surface area (Å²) in [5, 5.41) is 10.7. The van der Waals surface area contributed by atoms with Gasteiger partial charge in [-0.1, -0.05) is 29.3 Å². The van der Waals surface area contributed by atoms with Gasteiger partial charge in [0.25, 0.3) is 0 Å². The van der Waals surface area contributed by atoms with Crippen molar-refractivity contribution in [1.29, 1.82) is 0 Å². The van der Waals surface area contributed by atoms with Crippen molar-refractivity contribution in [1.82, 2.24) is 4.98 Å². The van der Waals surface area contributed by atoms with Crippen LogP contribution in [0.5, 0.6) is 17.2 Å². The van der Waals surface area contributed by atoms with Crippen LogP contribution in [-0.2, 0) is 11.2 Å². The number of rotatable bonds is 3. The molecule has 1 aromatic carbocycles. The molecule has 2 aliphatic heterocycles. The van der Waals surface area contributed by atoms with Crippen molar-refractivity contribution in [3.05, 3.63) is 45.7 Å². The van der Waals surface area contributed by atoms with Gasteiger partial charge in [0, 0.05) is 43.0 Å². The number of Topliss-reactive ketones (excluding diaryl/α,β-unsaturated/α-hetero) is 1. The third kappa shape index (κ3) is 3.64. The van der Waals surface area contributed by atoms with Gasteiger partial charge < -0.3 is 19.3 Å². The van der Waals surface area contributed by atoms with Crippen molar-refractivity contribution in [2.45, 2.75) is 19.3 Å². The number of aromatic hydroxyl groups is 1. The minimum absolute atomic E-state index is 0.00549. The molecule has 1 N–H and O–H groups in total. The number of carbonyl (C=O) groups excluding carboxylic acids is 1. The summed E-state index contributed by atoms with van der Waals surface area (Å²) < 4.78 is 17.5. The highest BCUT2D eigenvalue weighted by Gasteiger charge is 2.38. The molecule has 2 aliphatic rings. The Morgan fingerprint density at radius 2 is 1.71 bits per heavy atom. The average Bonchev–Trinajstić information content (AvgIpc) is 2.86. The maximum Gasteiger partial charge on any atom is 0.203 e. The van der Waals surface area contributed by atoms with Crippen LogP contribution in [0.1, 0.15) is 28.8 Å². The summed E-state index contributed by atoms with van der Waals surface area (Å²) in [6, 6.07) is 3.16. The van der Waals surface area contributed by atoms with E-state index in [2.05, 4.69) is 4.98 Å². The number of pyridine rings is 1. The van der Waals surface area contributed by atoms with E-state index in [1.807, 2.05) is 0 Å². The van der Waals surface area contributed by atoms with E-state index in [0.717, 1.165) is 12.8 Å². The highest BCUT2D eigenvalue weighted by Crippen LogP contribution is 2.45. The van der Waals surface area contributed by atoms with Gasteiger partial charge in [0.2, 0.25) is 5.75 Å². The van der Waals surface area contributed by atoms with Gasteiger partial charge in [-0.15, -0.1) is 0 Å². The van der Waals surface area contributed by atoms with E-state index in [1.165, 1.54) is 18.5 Å². The molecular weight excluding hydrogens is 405 g/mol. The summed E-state index contributed by atoms with van der Waals surface area (Å²) in [6.45, 7) is 2.17. The number of halogens is 2.